The number of Topliss-reactive ketones (excluding diaryl/α,β-unsaturated/α-hetero) is 1. The van der Waals surface area contributed by atoms with Crippen molar-refractivity contribution in [3.63, 3.8) is 0 Å². The summed E-state index contributed by atoms with van der Waals surface area (Å²) in [5.74, 6) is -1.89. The lowest BCUT2D eigenvalue weighted by atomic mass is 9.83. The first kappa shape index (κ1) is 18.0. The van der Waals surface area contributed by atoms with Crippen LogP contribution in [0.3, 0.4) is 0 Å². The van der Waals surface area contributed by atoms with Gasteiger partial charge in [-0.25, -0.2) is 9.37 Å². The van der Waals surface area contributed by atoms with Crippen molar-refractivity contribution in [3.05, 3.63) is 59.5 Å². The van der Waals surface area contributed by atoms with Crippen LogP contribution in [0, 0.1) is 11.2 Å². The number of imidazole rings is 1. The maximum Gasteiger partial charge on any atom is 0.296 e. The van der Waals surface area contributed by atoms with Crippen LogP contribution in [0.5, 0.6) is 0 Å². The molecule has 0 aliphatic carbocycles. The molecule has 8 heteroatoms. The molecule has 3 heterocycles. The normalized spacial score (nSPS) is 17.8. The van der Waals surface area contributed by atoms with Crippen molar-refractivity contribution in [2.75, 3.05) is 4.90 Å². The van der Waals surface area contributed by atoms with Gasteiger partial charge in [0.15, 0.2) is 11.5 Å². The summed E-state index contributed by atoms with van der Waals surface area (Å²) < 4.78 is 19.0. The summed E-state index contributed by atoms with van der Waals surface area (Å²) in [5, 5.41) is 10.5. The number of hydrogen-bond donors (Lipinski definition) is 2. The fraction of sp³-hybridized carbons (Fsp3) is 0.250. The number of nitrogens with one attached hydrogen (secondary N) is 1. The minimum absolute atomic E-state index is 0.0564. The number of aromatic amines is 1. The summed E-state index contributed by atoms with van der Waals surface area (Å²) in [7, 11) is 0. The average molecular weight is 383 g/mol. The zero-order valence-electron chi connectivity index (χ0n) is 15.5. The van der Waals surface area contributed by atoms with Crippen molar-refractivity contribution in [2.45, 2.75) is 26.8 Å². The number of carbonyl (C=O) groups is 2. The third kappa shape index (κ3) is 2.69. The smallest absolute Gasteiger partial charge is 0.296 e. The molecule has 1 unspecified atom stereocenters. The van der Waals surface area contributed by atoms with Gasteiger partial charge in [0.2, 0.25) is 5.95 Å². The first-order valence-electron chi connectivity index (χ1n) is 8.68. The maximum absolute atomic E-state index is 13.5. The molecule has 0 saturated heterocycles. The molecule has 7 nitrogen and oxygen atoms in total. The predicted octanol–water partition coefficient (Wildman–Crippen LogP) is 3.81. The largest absolute Gasteiger partial charge is 0.503 e. The minimum Gasteiger partial charge on any atom is -0.503 e. The second kappa shape index (κ2) is 6.05. The van der Waals surface area contributed by atoms with E-state index in [-0.39, 0.29) is 17.3 Å². The van der Waals surface area contributed by atoms with Gasteiger partial charge in [-0.1, -0.05) is 20.8 Å². The summed E-state index contributed by atoms with van der Waals surface area (Å²) in [6.45, 7) is 5.10. The Labute approximate surface area is 159 Å². The fourth-order valence-corrected chi connectivity index (χ4v) is 3.26. The Bertz CT molecular complexity index is 1120. The number of anilines is 1. The minimum atomic E-state index is -0.986. The lowest BCUT2D eigenvalue weighted by Crippen LogP contribution is -2.33. The second-order valence-electron chi connectivity index (χ2n) is 7.66. The number of aliphatic hydroxyl groups is 1. The van der Waals surface area contributed by atoms with E-state index in [0.717, 1.165) is 4.90 Å². The Kier molecular flexibility index (Phi) is 3.88. The van der Waals surface area contributed by atoms with Gasteiger partial charge in [-0.2, -0.15) is 0 Å². The molecule has 1 aliphatic rings. The van der Waals surface area contributed by atoms with Gasteiger partial charge < -0.3 is 14.5 Å². The van der Waals surface area contributed by atoms with Crippen LogP contribution >= 0.6 is 0 Å². The molecular formula is C20H18FN3O4. The van der Waals surface area contributed by atoms with E-state index in [1.165, 1.54) is 24.5 Å². The molecule has 2 aromatic heterocycles. The Balaban J connectivity index is 1.89. The van der Waals surface area contributed by atoms with E-state index in [4.69, 9.17) is 4.42 Å². The Morgan fingerprint density at radius 2 is 2.07 bits per heavy atom. The molecule has 0 saturated carbocycles. The summed E-state index contributed by atoms with van der Waals surface area (Å²) >= 11 is 0. The molecule has 0 fully saturated rings. The zero-order valence-corrected chi connectivity index (χ0v) is 15.5. The molecule has 144 valence electrons. The van der Waals surface area contributed by atoms with Crippen LogP contribution in [-0.4, -0.2) is 26.8 Å². The Hall–Kier alpha value is -3.42. The van der Waals surface area contributed by atoms with Crippen molar-refractivity contribution in [1.82, 2.24) is 9.97 Å². The second-order valence-corrected chi connectivity index (χ2v) is 7.66. The molecule has 2 N–H and O–H groups in total. The molecule has 1 aliphatic heterocycles. The van der Waals surface area contributed by atoms with Crippen molar-refractivity contribution < 1.29 is 23.5 Å². The zero-order chi connectivity index (χ0) is 20.2. The van der Waals surface area contributed by atoms with E-state index in [2.05, 4.69) is 9.97 Å². The number of rotatable bonds is 3. The molecule has 28 heavy (non-hydrogen) atoms. The van der Waals surface area contributed by atoms with E-state index in [9.17, 15) is 19.1 Å². The summed E-state index contributed by atoms with van der Waals surface area (Å²) in [5.41, 5.74) is -0.0609. The molecule has 1 amide bonds. The summed E-state index contributed by atoms with van der Waals surface area (Å²) in [6, 6.07) is 6.24. The first-order valence-corrected chi connectivity index (χ1v) is 8.68. The molecule has 1 atom stereocenters. The maximum atomic E-state index is 13.5. The van der Waals surface area contributed by atoms with E-state index in [1.807, 2.05) is 0 Å². The first-order chi connectivity index (χ1) is 13.2. The number of fused-ring (bicyclic) bond motifs is 1. The van der Waals surface area contributed by atoms with Crippen molar-refractivity contribution in [3.8, 4) is 0 Å². The van der Waals surface area contributed by atoms with Crippen LogP contribution in [0.1, 0.15) is 32.6 Å². The number of aliphatic hydroxyl groups excluding tert-OH is 1. The van der Waals surface area contributed by atoms with Gasteiger partial charge in [-0.15, -0.1) is 0 Å². The number of benzene rings is 1. The third-order valence-corrected chi connectivity index (χ3v) is 4.61. The number of nitrogens with zero attached hydrogens (tertiary/aromatic N) is 2. The van der Waals surface area contributed by atoms with Crippen molar-refractivity contribution >= 4 is 28.7 Å². The fourth-order valence-electron chi connectivity index (χ4n) is 3.26. The molecule has 0 spiro atoms. The third-order valence-electron chi connectivity index (χ3n) is 4.61. The number of halogens is 1. The van der Waals surface area contributed by atoms with Crippen LogP contribution in [0.25, 0.3) is 11.0 Å². The predicted molar refractivity (Wildman–Crippen MR) is 99.1 cm³/mol. The van der Waals surface area contributed by atoms with Gasteiger partial charge in [0.1, 0.15) is 17.6 Å². The monoisotopic (exact) mass is 383 g/mol. The highest BCUT2D eigenvalue weighted by Gasteiger charge is 2.49. The van der Waals surface area contributed by atoms with Crippen LogP contribution in [0.2, 0.25) is 0 Å². The van der Waals surface area contributed by atoms with Gasteiger partial charge in [-0.3, -0.25) is 14.5 Å². The topological polar surface area (TPSA) is 99.4 Å². The highest BCUT2D eigenvalue weighted by atomic mass is 19.1. The van der Waals surface area contributed by atoms with Crippen LogP contribution in [-0.2, 0) is 9.59 Å². The van der Waals surface area contributed by atoms with Crippen molar-refractivity contribution in [2.24, 2.45) is 5.41 Å². The van der Waals surface area contributed by atoms with Gasteiger partial charge in [-0.05, 0) is 30.3 Å². The lowest BCUT2D eigenvalue weighted by Gasteiger charge is -2.25. The number of ketones is 1. The van der Waals surface area contributed by atoms with E-state index < -0.39 is 28.9 Å². The number of aromatic nitrogens is 2. The number of furan rings is 1. The number of H-pyrrole nitrogens is 1. The quantitative estimate of drug-likeness (QED) is 0.716. The molecule has 0 bridgehead atoms. The molecule has 4 rings (SSSR count). The van der Waals surface area contributed by atoms with E-state index in [1.54, 1.807) is 32.9 Å². The van der Waals surface area contributed by atoms with Crippen LogP contribution in [0.15, 0.2) is 52.3 Å². The molecule has 1 aromatic carbocycles. The van der Waals surface area contributed by atoms with Gasteiger partial charge >= 0.3 is 0 Å². The Morgan fingerprint density at radius 3 is 2.71 bits per heavy atom. The standard InChI is InChI=1S/C20H18FN3O4/c1-20(2,3)17(26)14-15(13-5-4-8-28-13)24(18(27)16(14)25)19-22-11-7-6-10(21)9-12(11)23-19/h4-9,15,25H,1-3H3,(H,22,23). The van der Waals surface area contributed by atoms with Crippen LogP contribution < -0.4 is 4.90 Å². The van der Waals surface area contributed by atoms with E-state index in [0.29, 0.717) is 16.8 Å². The van der Waals surface area contributed by atoms with Crippen molar-refractivity contribution in [1.29, 1.82) is 0 Å². The molecule has 0 radical (unpaired) electrons. The number of hydrogen-bond acceptors (Lipinski definition) is 5. The lowest BCUT2D eigenvalue weighted by molar-refractivity contribution is -0.123. The number of carbonyl (C=O) groups excluding carboxylic acids is 2. The van der Waals surface area contributed by atoms with E-state index >= 15 is 0 Å². The molecular weight excluding hydrogens is 365 g/mol. The van der Waals surface area contributed by atoms with Gasteiger partial charge in [0.25, 0.3) is 5.91 Å². The average Bonchev–Trinajstić information content (AvgIpc) is 3.32. The highest BCUT2D eigenvalue weighted by molar-refractivity contribution is 6.17. The van der Waals surface area contributed by atoms with Gasteiger partial charge in [0, 0.05) is 5.41 Å². The summed E-state index contributed by atoms with van der Waals surface area (Å²) in [6.07, 6.45) is 1.42. The summed E-state index contributed by atoms with van der Waals surface area (Å²) in [4.78, 5) is 34.3. The SMILES string of the molecule is CC(C)(C)C(=O)C1=C(O)C(=O)N(c2nc3ccc(F)cc3[nH]2)C1c1ccco1. The molecule has 3 aromatic rings. The highest BCUT2D eigenvalue weighted by Crippen LogP contribution is 2.43. The van der Waals surface area contributed by atoms with Gasteiger partial charge in [0.05, 0.1) is 22.9 Å². The Morgan fingerprint density at radius 1 is 1.32 bits per heavy atom. The number of amides is 1. The van der Waals surface area contributed by atoms with Crippen LogP contribution in [0.4, 0.5) is 10.3 Å².